The van der Waals surface area contributed by atoms with Crippen molar-refractivity contribution in [3.63, 3.8) is 0 Å². The van der Waals surface area contributed by atoms with E-state index in [1.54, 1.807) is 12.4 Å². The van der Waals surface area contributed by atoms with Crippen molar-refractivity contribution in [2.75, 3.05) is 11.9 Å². The van der Waals surface area contributed by atoms with Crippen molar-refractivity contribution < 1.29 is 9.59 Å². The van der Waals surface area contributed by atoms with Gasteiger partial charge in [-0.05, 0) is 54.1 Å². The number of nitrogens with zero attached hydrogens (tertiary/aromatic N) is 2. The van der Waals surface area contributed by atoms with E-state index < -0.39 is 0 Å². The maximum atomic E-state index is 11.9. The molecule has 0 aliphatic heterocycles. The number of amides is 3. The van der Waals surface area contributed by atoms with Gasteiger partial charge in [-0.15, -0.1) is 0 Å². The van der Waals surface area contributed by atoms with Gasteiger partial charge in [0.05, 0.1) is 0 Å². The highest BCUT2D eigenvalue weighted by molar-refractivity contribution is 6.01. The Morgan fingerprint density at radius 3 is 2.57 bits per heavy atom. The quantitative estimate of drug-likeness (QED) is 0.635. The van der Waals surface area contributed by atoms with Gasteiger partial charge in [0.25, 0.3) is 0 Å². The van der Waals surface area contributed by atoms with Gasteiger partial charge in [0.1, 0.15) is 5.82 Å². The molecule has 0 bridgehead atoms. The maximum absolute atomic E-state index is 11.9. The summed E-state index contributed by atoms with van der Waals surface area (Å²) in [7, 11) is 0. The van der Waals surface area contributed by atoms with Gasteiger partial charge >= 0.3 is 6.03 Å². The molecule has 7 heteroatoms. The molecule has 28 heavy (non-hydrogen) atoms. The fourth-order valence-corrected chi connectivity index (χ4v) is 3.03. The molecule has 0 radical (unpaired) electrons. The molecular weight excluding hydrogens is 354 g/mol. The molecule has 3 rings (SSSR count). The molecule has 7 nitrogen and oxygen atoms in total. The summed E-state index contributed by atoms with van der Waals surface area (Å²) in [6.07, 6.45) is 3.50. The topological polar surface area (TPSA) is 96.0 Å². The van der Waals surface area contributed by atoms with Gasteiger partial charge in [0, 0.05) is 43.5 Å². The van der Waals surface area contributed by atoms with Crippen LogP contribution in [0, 0.1) is 6.92 Å². The zero-order chi connectivity index (χ0) is 20.1. The largest absolute Gasteiger partial charge is 0.352 e. The van der Waals surface area contributed by atoms with Gasteiger partial charge in [-0.1, -0.05) is 12.1 Å². The number of rotatable bonds is 5. The number of fused-ring (bicyclic) bond motifs is 1. The number of carbonyl (C=O) groups excluding carboxylic acids is 2. The summed E-state index contributed by atoms with van der Waals surface area (Å²) >= 11 is 0. The Morgan fingerprint density at radius 1 is 1.04 bits per heavy atom. The number of pyridine rings is 2. The Hall–Kier alpha value is -3.48. The SMILES string of the molecule is CCNC(=O)Nc1cc2c(-c3ccnc(C)c3)ccc(CNC(C)=O)c2cn1. The molecule has 0 saturated carbocycles. The van der Waals surface area contributed by atoms with E-state index in [0.717, 1.165) is 33.2 Å². The first-order valence-electron chi connectivity index (χ1n) is 9.12. The Morgan fingerprint density at radius 2 is 1.86 bits per heavy atom. The number of hydrogen-bond donors (Lipinski definition) is 3. The minimum atomic E-state index is -0.301. The van der Waals surface area contributed by atoms with E-state index in [0.29, 0.717) is 18.9 Å². The summed E-state index contributed by atoms with van der Waals surface area (Å²) in [6, 6.07) is 9.52. The molecule has 3 aromatic rings. The average molecular weight is 377 g/mol. The normalized spacial score (nSPS) is 10.5. The van der Waals surface area contributed by atoms with Gasteiger partial charge < -0.3 is 10.6 Å². The molecule has 3 N–H and O–H groups in total. The molecule has 3 amide bonds. The van der Waals surface area contributed by atoms with Gasteiger partial charge in [-0.2, -0.15) is 0 Å². The standard InChI is InChI=1S/C21H23N5O2/c1-4-22-21(28)26-20-10-18-17(15-7-8-23-13(2)9-15)6-5-16(11-24-14(3)27)19(18)12-25-20/h5-10,12H,4,11H2,1-3H3,(H,24,27)(H2,22,25,26,28). The molecular formula is C21H23N5O2. The zero-order valence-corrected chi connectivity index (χ0v) is 16.2. The molecule has 2 heterocycles. The van der Waals surface area contributed by atoms with Gasteiger partial charge in [0.15, 0.2) is 0 Å². The number of benzene rings is 1. The van der Waals surface area contributed by atoms with Crippen LogP contribution < -0.4 is 16.0 Å². The highest BCUT2D eigenvalue weighted by Gasteiger charge is 2.12. The molecule has 2 aromatic heterocycles. The second-order valence-corrected chi connectivity index (χ2v) is 6.47. The molecule has 0 spiro atoms. The van der Waals surface area contributed by atoms with Crippen LogP contribution in [0.25, 0.3) is 21.9 Å². The summed E-state index contributed by atoms with van der Waals surface area (Å²) in [6.45, 7) is 6.23. The molecule has 0 aliphatic rings. The summed E-state index contributed by atoms with van der Waals surface area (Å²) in [5.41, 5.74) is 3.91. The molecule has 0 unspecified atom stereocenters. The van der Waals surface area contributed by atoms with Crippen LogP contribution in [0.5, 0.6) is 0 Å². The van der Waals surface area contributed by atoms with Crippen LogP contribution in [0.15, 0.2) is 42.7 Å². The maximum Gasteiger partial charge on any atom is 0.320 e. The van der Waals surface area contributed by atoms with E-state index in [1.807, 2.05) is 44.2 Å². The Kier molecular flexibility index (Phi) is 5.84. The lowest BCUT2D eigenvalue weighted by Gasteiger charge is -2.14. The third-order valence-electron chi connectivity index (χ3n) is 4.31. The lowest BCUT2D eigenvalue weighted by Crippen LogP contribution is -2.28. The van der Waals surface area contributed by atoms with E-state index in [2.05, 4.69) is 25.9 Å². The average Bonchev–Trinajstić information content (AvgIpc) is 2.66. The van der Waals surface area contributed by atoms with Gasteiger partial charge in [-0.3, -0.25) is 15.1 Å². The number of anilines is 1. The van der Waals surface area contributed by atoms with Gasteiger partial charge in [-0.25, -0.2) is 9.78 Å². The monoisotopic (exact) mass is 377 g/mol. The van der Waals surface area contributed by atoms with Crippen molar-refractivity contribution in [1.82, 2.24) is 20.6 Å². The van der Waals surface area contributed by atoms with E-state index in [9.17, 15) is 9.59 Å². The van der Waals surface area contributed by atoms with Crippen molar-refractivity contribution in [3.8, 4) is 11.1 Å². The third kappa shape index (κ3) is 4.43. The second-order valence-electron chi connectivity index (χ2n) is 6.47. The van der Waals surface area contributed by atoms with Crippen molar-refractivity contribution in [2.24, 2.45) is 0 Å². The Bertz CT molecular complexity index is 1030. The molecule has 1 aromatic carbocycles. The Balaban J connectivity index is 2.11. The molecule has 0 fully saturated rings. The molecule has 0 saturated heterocycles. The predicted molar refractivity (Wildman–Crippen MR) is 110 cm³/mol. The van der Waals surface area contributed by atoms with E-state index in [-0.39, 0.29) is 11.9 Å². The van der Waals surface area contributed by atoms with Crippen LogP contribution >= 0.6 is 0 Å². The van der Waals surface area contributed by atoms with Gasteiger partial charge in [0.2, 0.25) is 5.91 Å². The number of aromatic nitrogens is 2. The van der Waals surface area contributed by atoms with E-state index in [4.69, 9.17) is 0 Å². The highest BCUT2D eigenvalue weighted by atomic mass is 16.2. The minimum Gasteiger partial charge on any atom is -0.352 e. The third-order valence-corrected chi connectivity index (χ3v) is 4.31. The minimum absolute atomic E-state index is 0.0931. The summed E-state index contributed by atoms with van der Waals surface area (Å²) in [5, 5.41) is 10.1. The summed E-state index contributed by atoms with van der Waals surface area (Å²) in [4.78, 5) is 31.8. The van der Waals surface area contributed by atoms with Crippen LogP contribution in [0.2, 0.25) is 0 Å². The molecule has 0 aliphatic carbocycles. The molecule has 144 valence electrons. The first-order chi connectivity index (χ1) is 13.5. The lowest BCUT2D eigenvalue weighted by molar-refractivity contribution is -0.119. The Labute approximate surface area is 163 Å². The number of aryl methyl sites for hydroxylation is 1. The number of nitrogens with one attached hydrogen (secondary N) is 3. The zero-order valence-electron chi connectivity index (χ0n) is 16.2. The number of carbonyl (C=O) groups is 2. The van der Waals surface area contributed by atoms with Crippen LogP contribution in [0.4, 0.5) is 10.6 Å². The second kappa shape index (κ2) is 8.47. The number of urea groups is 1. The summed E-state index contributed by atoms with van der Waals surface area (Å²) in [5.74, 6) is 0.367. The van der Waals surface area contributed by atoms with E-state index in [1.165, 1.54) is 6.92 Å². The van der Waals surface area contributed by atoms with Crippen LogP contribution in [0.1, 0.15) is 25.1 Å². The first-order valence-corrected chi connectivity index (χ1v) is 9.12. The fourth-order valence-electron chi connectivity index (χ4n) is 3.03. The van der Waals surface area contributed by atoms with Crippen LogP contribution in [0.3, 0.4) is 0 Å². The molecule has 0 atom stereocenters. The smallest absolute Gasteiger partial charge is 0.320 e. The summed E-state index contributed by atoms with van der Waals surface area (Å²) < 4.78 is 0. The van der Waals surface area contributed by atoms with Crippen molar-refractivity contribution in [3.05, 3.63) is 54.0 Å². The predicted octanol–water partition coefficient (Wildman–Crippen LogP) is 3.38. The van der Waals surface area contributed by atoms with E-state index >= 15 is 0 Å². The van der Waals surface area contributed by atoms with Crippen LogP contribution in [-0.4, -0.2) is 28.5 Å². The first kappa shape index (κ1) is 19.3. The fraction of sp³-hybridized carbons (Fsp3) is 0.238. The van der Waals surface area contributed by atoms with Crippen LogP contribution in [-0.2, 0) is 11.3 Å². The van der Waals surface area contributed by atoms with Crippen molar-refractivity contribution in [1.29, 1.82) is 0 Å². The highest BCUT2D eigenvalue weighted by Crippen LogP contribution is 2.32. The van der Waals surface area contributed by atoms with Crippen molar-refractivity contribution >= 4 is 28.5 Å². The number of hydrogen-bond acceptors (Lipinski definition) is 4. The van der Waals surface area contributed by atoms with Crippen molar-refractivity contribution in [2.45, 2.75) is 27.3 Å². The lowest BCUT2D eigenvalue weighted by atomic mass is 9.96.